The molecule has 1 amide bonds. The van der Waals surface area contributed by atoms with Crippen LogP contribution in [0.4, 0.5) is 5.82 Å². The average Bonchev–Trinajstić information content (AvgIpc) is 3.24. The van der Waals surface area contributed by atoms with Crippen LogP contribution in [0.15, 0.2) is 66.9 Å². The molecule has 164 valence electrons. The lowest BCUT2D eigenvalue weighted by atomic mass is 10.0. The van der Waals surface area contributed by atoms with E-state index in [-0.39, 0.29) is 11.9 Å². The molecule has 2 atom stereocenters. The summed E-state index contributed by atoms with van der Waals surface area (Å²) in [5, 5.41) is 10.3. The van der Waals surface area contributed by atoms with E-state index in [2.05, 4.69) is 4.98 Å². The van der Waals surface area contributed by atoms with Gasteiger partial charge in [-0.05, 0) is 54.3 Å². The summed E-state index contributed by atoms with van der Waals surface area (Å²) >= 11 is 6.37. The molecule has 2 aromatic carbocycles. The summed E-state index contributed by atoms with van der Waals surface area (Å²) in [6.07, 6.45) is 2.73. The summed E-state index contributed by atoms with van der Waals surface area (Å²) in [6, 6.07) is 17.1. The van der Waals surface area contributed by atoms with Gasteiger partial charge in [0.2, 0.25) is 0 Å². The molecule has 32 heavy (non-hydrogen) atoms. The molecule has 4 rings (SSSR count). The molecule has 1 saturated heterocycles. The minimum Gasteiger partial charge on any atom is -0.480 e. The number of aromatic nitrogens is 1. The average molecular weight is 450 g/mol. The van der Waals surface area contributed by atoms with Crippen LogP contribution in [0.1, 0.15) is 34.8 Å². The highest BCUT2D eigenvalue weighted by molar-refractivity contribution is 6.31. The Morgan fingerprint density at radius 3 is 2.28 bits per heavy atom. The van der Waals surface area contributed by atoms with Gasteiger partial charge in [0.1, 0.15) is 11.9 Å². The van der Waals surface area contributed by atoms with Crippen LogP contribution in [0, 0.1) is 0 Å². The minimum absolute atomic E-state index is 0.313. The first-order valence-electron chi connectivity index (χ1n) is 10.4. The molecular formula is C25H24ClN3O3. The summed E-state index contributed by atoms with van der Waals surface area (Å²) < 4.78 is 0. The van der Waals surface area contributed by atoms with Crippen LogP contribution in [0.3, 0.4) is 0 Å². The number of hydrogen-bond donors (Lipinski definition) is 1. The van der Waals surface area contributed by atoms with Crippen molar-refractivity contribution in [3.05, 3.63) is 83.0 Å². The fourth-order valence-corrected chi connectivity index (χ4v) is 4.42. The zero-order valence-electron chi connectivity index (χ0n) is 17.9. The van der Waals surface area contributed by atoms with Crippen molar-refractivity contribution in [3.8, 4) is 11.1 Å². The summed E-state index contributed by atoms with van der Waals surface area (Å²) in [5.41, 5.74) is 3.08. The number of aliphatic carboxylic acids is 1. The largest absolute Gasteiger partial charge is 0.480 e. The molecule has 1 aromatic heterocycles. The molecule has 1 N–H and O–H groups in total. The molecule has 1 aliphatic rings. The fraction of sp³-hybridized carbons (Fsp3) is 0.240. The quantitative estimate of drug-likeness (QED) is 0.599. The van der Waals surface area contributed by atoms with Gasteiger partial charge >= 0.3 is 5.97 Å². The molecule has 0 aliphatic carbocycles. The van der Waals surface area contributed by atoms with E-state index in [0.29, 0.717) is 23.4 Å². The number of pyridine rings is 1. The number of hydrogen-bond acceptors (Lipinski definition) is 4. The second kappa shape index (κ2) is 9.01. The summed E-state index contributed by atoms with van der Waals surface area (Å²) in [5.74, 6) is -0.455. The lowest BCUT2D eigenvalue weighted by Crippen LogP contribution is -2.41. The number of benzene rings is 2. The highest BCUT2D eigenvalue weighted by atomic mass is 35.5. The lowest BCUT2D eigenvalue weighted by molar-refractivity contribution is -0.141. The van der Waals surface area contributed by atoms with Gasteiger partial charge in [-0.15, -0.1) is 0 Å². The number of carboxylic acid groups (broad SMARTS) is 1. The van der Waals surface area contributed by atoms with Crippen molar-refractivity contribution in [1.29, 1.82) is 0 Å². The number of likely N-dealkylation sites (tertiary alicyclic amines) is 1. The van der Waals surface area contributed by atoms with Crippen LogP contribution in [0.5, 0.6) is 0 Å². The van der Waals surface area contributed by atoms with Gasteiger partial charge in [0.05, 0.1) is 6.04 Å². The van der Waals surface area contributed by atoms with Crippen LogP contribution >= 0.6 is 11.6 Å². The van der Waals surface area contributed by atoms with E-state index in [1.807, 2.05) is 61.5 Å². The number of rotatable bonds is 5. The molecule has 0 bridgehead atoms. The Labute approximate surface area is 192 Å². The molecule has 0 radical (unpaired) electrons. The third kappa shape index (κ3) is 4.18. The fourth-order valence-electron chi connectivity index (χ4n) is 4.16. The van der Waals surface area contributed by atoms with Crippen LogP contribution in [0.25, 0.3) is 11.1 Å². The standard InChI is InChI=1S/C25H24ClN3O3/c1-28(2)23-14-11-18(15-27-23)16-7-9-17(10-8-16)24(30)29-21(12-13-22(29)25(31)32)19-5-3-4-6-20(19)26/h3-11,14-15,21-22H,12-13H2,1-2H3,(H,31,32)/t21-,22+/m1/s1. The number of carbonyl (C=O) groups is 2. The number of halogens is 1. The second-order valence-electron chi connectivity index (χ2n) is 8.06. The van der Waals surface area contributed by atoms with Crippen molar-refractivity contribution < 1.29 is 14.7 Å². The molecule has 0 saturated carbocycles. The third-order valence-corrected chi connectivity index (χ3v) is 6.18. The van der Waals surface area contributed by atoms with Gasteiger partial charge in [0.15, 0.2) is 0 Å². The Morgan fingerprint density at radius 1 is 1.00 bits per heavy atom. The van der Waals surface area contributed by atoms with Crippen molar-refractivity contribution in [1.82, 2.24) is 9.88 Å². The topological polar surface area (TPSA) is 73.7 Å². The molecule has 1 fully saturated rings. The number of carboxylic acids is 1. The highest BCUT2D eigenvalue weighted by Gasteiger charge is 2.42. The molecule has 1 aliphatic heterocycles. The zero-order chi connectivity index (χ0) is 22.8. The molecule has 0 spiro atoms. The predicted octanol–water partition coefficient (Wildman–Crippen LogP) is 4.90. The van der Waals surface area contributed by atoms with Crippen molar-refractivity contribution in [2.24, 2.45) is 0 Å². The van der Waals surface area contributed by atoms with Crippen LogP contribution in [-0.4, -0.2) is 47.0 Å². The Kier molecular flexibility index (Phi) is 6.15. The van der Waals surface area contributed by atoms with Crippen molar-refractivity contribution in [2.75, 3.05) is 19.0 Å². The first-order chi connectivity index (χ1) is 15.4. The SMILES string of the molecule is CN(C)c1ccc(-c2ccc(C(=O)N3[C@@H](c4ccccc4Cl)CC[C@H]3C(=O)O)cc2)cn1. The van der Waals surface area contributed by atoms with Gasteiger partial charge in [-0.2, -0.15) is 0 Å². The van der Waals surface area contributed by atoms with Gasteiger partial charge < -0.3 is 14.9 Å². The second-order valence-corrected chi connectivity index (χ2v) is 8.47. The molecule has 3 aromatic rings. The number of anilines is 1. The maximum absolute atomic E-state index is 13.4. The Hall–Kier alpha value is -3.38. The van der Waals surface area contributed by atoms with E-state index in [1.54, 1.807) is 24.4 Å². The van der Waals surface area contributed by atoms with Gasteiger partial charge in [-0.25, -0.2) is 9.78 Å². The molecular weight excluding hydrogens is 426 g/mol. The van der Waals surface area contributed by atoms with Crippen LogP contribution < -0.4 is 4.90 Å². The van der Waals surface area contributed by atoms with E-state index >= 15 is 0 Å². The van der Waals surface area contributed by atoms with Crippen molar-refractivity contribution in [3.63, 3.8) is 0 Å². The third-order valence-electron chi connectivity index (χ3n) is 5.84. The maximum atomic E-state index is 13.4. The predicted molar refractivity (Wildman–Crippen MR) is 125 cm³/mol. The Bertz CT molecular complexity index is 1130. The van der Waals surface area contributed by atoms with Gasteiger partial charge in [-0.3, -0.25) is 4.79 Å². The van der Waals surface area contributed by atoms with E-state index in [9.17, 15) is 14.7 Å². The monoisotopic (exact) mass is 449 g/mol. The first kappa shape index (κ1) is 21.8. The van der Waals surface area contributed by atoms with E-state index in [4.69, 9.17) is 11.6 Å². The molecule has 6 nitrogen and oxygen atoms in total. The number of carbonyl (C=O) groups excluding carboxylic acids is 1. The van der Waals surface area contributed by atoms with Gasteiger partial charge in [0, 0.05) is 36.4 Å². The Morgan fingerprint density at radius 2 is 1.69 bits per heavy atom. The lowest BCUT2D eigenvalue weighted by Gasteiger charge is -2.29. The van der Waals surface area contributed by atoms with E-state index < -0.39 is 12.0 Å². The Balaban J connectivity index is 1.62. The normalized spacial score (nSPS) is 17.9. The van der Waals surface area contributed by atoms with Crippen molar-refractivity contribution in [2.45, 2.75) is 24.9 Å². The summed E-state index contributed by atoms with van der Waals surface area (Å²) in [7, 11) is 3.86. The van der Waals surface area contributed by atoms with E-state index in [0.717, 1.165) is 22.5 Å². The summed E-state index contributed by atoms with van der Waals surface area (Å²) in [6.45, 7) is 0. The van der Waals surface area contributed by atoms with Gasteiger partial charge in [-0.1, -0.05) is 41.9 Å². The number of amides is 1. The molecule has 7 heteroatoms. The van der Waals surface area contributed by atoms with Crippen LogP contribution in [-0.2, 0) is 4.79 Å². The smallest absolute Gasteiger partial charge is 0.326 e. The molecule has 2 heterocycles. The first-order valence-corrected chi connectivity index (χ1v) is 10.8. The molecule has 0 unspecified atom stereocenters. The summed E-state index contributed by atoms with van der Waals surface area (Å²) in [4.78, 5) is 33.1. The van der Waals surface area contributed by atoms with E-state index in [1.165, 1.54) is 4.90 Å². The number of nitrogens with zero attached hydrogens (tertiary/aromatic N) is 3. The van der Waals surface area contributed by atoms with Crippen molar-refractivity contribution >= 4 is 29.3 Å². The van der Waals surface area contributed by atoms with Crippen LogP contribution in [0.2, 0.25) is 5.02 Å². The maximum Gasteiger partial charge on any atom is 0.326 e. The minimum atomic E-state index is -1.00. The zero-order valence-corrected chi connectivity index (χ0v) is 18.7. The van der Waals surface area contributed by atoms with Gasteiger partial charge in [0.25, 0.3) is 5.91 Å². The highest BCUT2D eigenvalue weighted by Crippen LogP contribution is 2.40.